The van der Waals surface area contributed by atoms with Crippen molar-refractivity contribution >= 4 is 11.9 Å². The van der Waals surface area contributed by atoms with Crippen LogP contribution in [0.4, 0.5) is 0 Å². The summed E-state index contributed by atoms with van der Waals surface area (Å²) in [5.41, 5.74) is 1.14. The first-order valence-corrected chi connectivity index (χ1v) is 7.85. The normalized spacial score (nSPS) is 15.7. The maximum atomic E-state index is 12.6. The fourth-order valence-electron chi connectivity index (χ4n) is 2.89. The number of benzene rings is 1. The van der Waals surface area contributed by atoms with Crippen LogP contribution in [0.25, 0.3) is 0 Å². The highest BCUT2D eigenvalue weighted by atomic mass is 16.5. The molecule has 6 heteroatoms. The molecule has 0 aliphatic carbocycles. The highest BCUT2D eigenvalue weighted by Gasteiger charge is 2.25. The molecule has 0 saturated carbocycles. The number of nitrogens with zero attached hydrogens (tertiary/aromatic N) is 1. The van der Waals surface area contributed by atoms with Crippen molar-refractivity contribution in [1.82, 2.24) is 4.90 Å². The fourth-order valence-corrected chi connectivity index (χ4v) is 2.89. The molecule has 1 aliphatic rings. The number of piperidine rings is 1. The van der Waals surface area contributed by atoms with Gasteiger partial charge in [-0.2, -0.15) is 0 Å². The molecule has 23 heavy (non-hydrogen) atoms. The number of carbonyl (C=O) groups excluding carboxylic acids is 1. The first-order chi connectivity index (χ1) is 11.0. The summed E-state index contributed by atoms with van der Waals surface area (Å²) in [4.78, 5) is 25.6. The number of carboxylic acid groups (broad SMARTS) is 1. The van der Waals surface area contributed by atoms with Gasteiger partial charge in [-0.3, -0.25) is 4.79 Å². The summed E-state index contributed by atoms with van der Waals surface area (Å²) in [5.74, 6) is -0.728. The van der Waals surface area contributed by atoms with Gasteiger partial charge < -0.3 is 19.8 Å². The van der Waals surface area contributed by atoms with Crippen LogP contribution in [0.3, 0.4) is 0 Å². The van der Waals surface area contributed by atoms with E-state index in [2.05, 4.69) is 0 Å². The summed E-state index contributed by atoms with van der Waals surface area (Å²) >= 11 is 0. The molecule has 1 saturated heterocycles. The fraction of sp³-hybridized carbons (Fsp3) is 0.529. The quantitative estimate of drug-likeness (QED) is 0.776. The highest BCUT2D eigenvalue weighted by molar-refractivity contribution is 5.99. The van der Waals surface area contributed by atoms with Gasteiger partial charge >= 0.3 is 5.97 Å². The van der Waals surface area contributed by atoms with Crippen LogP contribution in [-0.2, 0) is 4.74 Å². The standard InChI is InChI=1S/C17H23NO5/c1-12-14(3-2-4-15(12)17(21)22)16(20)18-7-5-13(6-8-18)11-23-10-9-19/h2-4,13,19H,5-11H2,1H3,(H,21,22). The number of carbonyl (C=O) groups is 2. The third-order valence-corrected chi connectivity index (χ3v) is 4.29. The monoisotopic (exact) mass is 321 g/mol. The summed E-state index contributed by atoms with van der Waals surface area (Å²) in [6.45, 7) is 3.94. The summed E-state index contributed by atoms with van der Waals surface area (Å²) in [6, 6.07) is 4.80. The lowest BCUT2D eigenvalue weighted by Crippen LogP contribution is -2.39. The van der Waals surface area contributed by atoms with Crippen molar-refractivity contribution in [3.05, 3.63) is 34.9 Å². The number of hydrogen-bond acceptors (Lipinski definition) is 4. The van der Waals surface area contributed by atoms with Crippen LogP contribution in [0, 0.1) is 12.8 Å². The second-order valence-electron chi connectivity index (χ2n) is 5.82. The van der Waals surface area contributed by atoms with E-state index in [9.17, 15) is 9.59 Å². The molecule has 126 valence electrons. The number of likely N-dealkylation sites (tertiary alicyclic amines) is 1. The topological polar surface area (TPSA) is 87.1 Å². The van der Waals surface area contributed by atoms with Gasteiger partial charge in [0.1, 0.15) is 0 Å². The van der Waals surface area contributed by atoms with E-state index in [1.165, 1.54) is 6.07 Å². The number of carboxylic acids is 1. The van der Waals surface area contributed by atoms with Crippen LogP contribution in [-0.4, -0.2) is 59.9 Å². The zero-order valence-corrected chi connectivity index (χ0v) is 13.3. The third-order valence-electron chi connectivity index (χ3n) is 4.29. The van der Waals surface area contributed by atoms with Crippen molar-refractivity contribution < 1.29 is 24.5 Å². The minimum atomic E-state index is -1.02. The SMILES string of the molecule is Cc1c(C(=O)O)cccc1C(=O)N1CCC(COCCO)CC1. The van der Waals surface area contributed by atoms with Gasteiger partial charge in [0, 0.05) is 25.3 Å². The molecule has 2 N–H and O–H groups in total. The lowest BCUT2D eigenvalue weighted by Gasteiger charge is -2.32. The molecule has 2 rings (SSSR count). The van der Waals surface area contributed by atoms with Gasteiger partial charge in [0.15, 0.2) is 0 Å². The first-order valence-electron chi connectivity index (χ1n) is 7.85. The van der Waals surface area contributed by atoms with E-state index in [4.69, 9.17) is 14.9 Å². The van der Waals surface area contributed by atoms with E-state index in [0.29, 0.717) is 43.3 Å². The Hall–Kier alpha value is -1.92. The van der Waals surface area contributed by atoms with Crippen LogP contribution >= 0.6 is 0 Å². The Morgan fingerprint density at radius 2 is 1.91 bits per heavy atom. The Morgan fingerprint density at radius 1 is 1.26 bits per heavy atom. The van der Waals surface area contributed by atoms with Crippen molar-refractivity contribution in [3.63, 3.8) is 0 Å². The predicted octanol–water partition coefficient (Wildman–Crippen LogP) is 1.55. The molecule has 0 radical (unpaired) electrons. The molecule has 0 spiro atoms. The number of aliphatic hydroxyl groups is 1. The summed E-state index contributed by atoms with van der Waals surface area (Å²) in [5, 5.41) is 17.9. The van der Waals surface area contributed by atoms with E-state index in [1.54, 1.807) is 24.0 Å². The van der Waals surface area contributed by atoms with Crippen LogP contribution in [0.15, 0.2) is 18.2 Å². The summed E-state index contributed by atoms with van der Waals surface area (Å²) < 4.78 is 5.35. The van der Waals surface area contributed by atoms with Crippen molar-refractivity contribution in [2.45, 2.75) is 19.8 Å². The van der Waals surface area contributed by atoms with Gasteiger partial charge in [0.05, 0.1) is 18.8 Å². The molecule has 0 atom stereocenters. The van der Waals surface area contributed by atoms with Crippen LogP contribution in [0.5, 0.6) is 0 Å². The van der Waals surface area contributed by atoms with Gasteiger partial charge in [0.25, 0.3) is 5.91 Å². The third kappa shape index (κ3) is 4.30. The molecule has 1 aromatic rings. The molecule has 0 aromatic heterocycles. The second kappa shape index (κ2) is 8.08. The van der Waals surface area contributed by atoms with Crippen LogP contribution < -0.4 is 0 Å². The average molecular weight is 321 g/mol. The molecule has 0 bridgehead atoms. The van der Waals surface area contributed by atoms with Gasteiger partial charge in [0.2, 0.25) is 0 Å². The van der Waals surface area contributed by atoms with Gasteiger partial charge in [-0.15, -0.1) is 0 Å². The summed E-state index contributed by atoms with van der Waals surface area (Å²) in [6.07, 6.45) is 1.71. The average Bonchev–Trinajstić information content (AvgIpc) is 2.55. The number of rotatable bonds is 6. The van der Waals surface area contributed by atoms with Crippen LogP contribution in [0.2, 0.25) is 0 Å². The van der Waals surface area contributed by atoms with Crippen molar-refractivity contribution in [2.75, 3.05) is 32.9 Å². The van der Waals surface area contributed by atoms with E-state index in [0.717, 1.165) is 12.8 Å². The molecular formula is C17H23NO5. The second-order valence-corrected chi connectivity index (χ2v) is 5.82. The Balaban J connectivity index is 1.98. The van der Waals surface area contributed by atoms with E-state index in [1.807, 2.05) is 0 Å². The van der Waals surface area contributed by atoms with Crippen molar-refractivity contribution in [3.8, 4) is 0 Å². The first kappa shape index (κ1) is 17.4. The molecule has 1 fully saturated rings. The molecule has 1 aliphatic heterocycles. The maximum absolute atomic E-state index is 12.6. The maximum Gasteiger partial charge on any atom is 0.335 e. The van der Waals surface area contributed by atoms with Crippen molar-refractivity contribution in [2.24, 2.45) is 5.92 Å². The molecule has 1 heterocycles. The minimum absolute atomic E-state index is 0.0243. The molecular weight excluding hydrogens is 298 g/mol. The van der Waals surface area contributed by atoms with E-state index < -0.39 is 5.97 Å². The summed E-state index contributed by atoms with van der Waals surface area (Å²) in [7, 11) is 0. The van der Waals surface area contributed by atoms with E-state index in [-0.39, 0.29) is 18.1 Å². The molecule has 1 aromatic carbocycles. The Bertz CT molecular complexity index is 564. The Morgan fingerprint density at radius 3 is 2.52 bits per heavy atom. The highest BCUT2D eigenvalue weighted by Crippen LogP contribution is 2.22. The minimum Gasteiger partial charge on any atom is -0.478 e. The Kier molecular flexibility index (Phi) is 6.12. The van der Waals surface area contributed by atoms with E-state index >= 15 is 0 Å². The molecule has 1 amide bonds. The number of aromatic carboxylic acids is 1. The predicted molar refractivity (Wildman–Crippen MR) is 84.7 cm³/mol. The molecule has 6 nitrogen and oxygen atoms in total. The Labute approximate surface area is 135 Å². The van der Waals surface area contributed by atoms with Gasteiger partial charge in [-0.05, 0) is 43.4 Å². The van der Waals surface area contributed by atoms with Crippen LogP contribution in [0.1, 0.15) is 39.1 Å². The lowest BCUT2D eigenvalue weighted by atomic mass is 9.96. The smallest absolute Gasteiger partial charge is 0.335 e. The zero-order valence-electron chi connectivity index (χ0n) is 13.3. The lowest BCUT2D eigenvalue weighted by molar-refractivity contribution is 0.0413. The number of hydrogen-bond donors (Lipinski definition) is 2. The number of ether oxygens (including phenoxy) is 1. The zero-order chi connectivity index (χ0) is 16.8. The number of amides is 1. The largest absolute Gasteiger partial charge is 0.478 e. The van der Waals surface area contributed by atoms with Crippen molar-refractivity contribution in [1.29, 1.82) is 0 Å². The van der Waals surface area contributed by atoms with Gasteiger partial charge in [-0.1, -0.05) is 6.07 Å². The molecule has 0 unspecified atom stereocenters. The number of aliphatic hydroxyl groups excluding tert-OH is 1. The van der Waals surface area contributed by atoms with Gasteiger partial charge in [-0.25, -0.2) is 4.79 Å².